The molecule has 1 N–H and O–H groups in total. The summed E-state index contributed by atoms with van der Waals surface area (Å²) in [5, 5.41) is 3.36. The van der Waals surface area contributed by atoms with Gasteiger partial charge in [-0.3, -0.25) is 4.79 Å². The van der Waals surface area contributed by atoms with Crippen LogP contribution in [0.5, 0.6) is 0 Å². The number of fused-ring (bicyclic) bond motifs is 1. The van der Waals surface area contributed by atoms with Crippen LogP contribution in [0.25, 0.3) is 0 Å². The van der Waals surface area contributed by atoms with E-state index in [-0.39, 0.29) is 11.9 Å². The molecule has 0 radical (unpaired) electrons. The summed E-state index contributed by atoms with van der Waals surface area (Å²) >= 11 is 0. The number of carbonyl (C=O) groups is 1. The first kappa shape index (κ1) is 18.7. The molecule has 2 aromatic rings. The second-order valence-electron chi connectivity index (χ2n) is 7.73. The van der Waals surface area contributed by atoms with Gasteiger partial charge in [-0.15, -0.1) is 0 Å². The maximum absolute atomic E-state index is 12.9. The van der Waals surface area contributed by atoms with Crippen molar-refractivity contribution in [3.05, 3.63) is 42.1 Å². The van der Waals surface area contributed by atoms with E-state index in [2.05, 4.69) is 46.4 Å². The predicted octanol–water partition coefficient (Wildman–Crippen LogP) is 3.64. The van der Waals surface area contributed by atoms with E-state index in [1.165, 1.54) is 18.4 Å². The molecule has 6 heteroatoms. The highest BCUT2D eigenvalue weighted by Gasteiger charge is 2.41. The van der Waals surface area contributed by atoms with Crippen LogP contribution in [0.2, 0.25) is 0 Å². The summed E-state index contributed by atoms with van der Waals surface area (Å²) in [5.74, 6) is 1.68. The fourth-order valence-electron chi connectivity index (χ4n) is 4.43. The second kappa shape index (κ2) is 8.17. The van der Waals surface area contributed by atoms with Crippen LogP contribution >= 0.6 is 0 Å². The molecule has 0 saturated heterocycles. The lowest BCUT2D eigenvalue weighted by atomic mass is 10.0. The highest BCUT2D eigenvalue weighted by Crippen LogP contribution is 2.39. The molecule has 1 fully saturated rings. The summed E-state index contributed by atoms with van der Waals surface area (Å²) in [6.07, 6.45) is 8.22. The Morgan fingerprint density at radius 3 is 2.64 bits per heavy atom. The van der Waals surface area contributed by atoms with Crippen LogP contribution in [0.15, 0.2) is 36.5 Å². The van der Waals surface area contributed by atoms with Gasteiger partial charge >= 0.3 is 0 Å². The van der Waals surface area contributed by atoms with Gasteiger partial charge in [-0.05, 0) is 31.2 Å². The summed E-state index contributed by atoms with van der Waals surface area (Å²) < 4.78 is 0. The zero-order chi connectivity index (χ0) is 19.5. The molecule has 1 aromatic carbocycles. The molecular formula is C22H29N5O. The van der Waals surface area contributed by atoms with Crippen LogP contribution in [-0.4, -0.2) is 41.6 Å². The molecule has 1 atom stereocenters. The predicted molar refractivity (Wildman–Crippen MR) is 113 cm³/mol. The van der Waals surface area contributed by atoms with E-state index >= 15 is 0 Å². The highest BCUT2D eigenvalue weighted by atomic mass is 16.2. The monoisotopic (exact) mass is 379 g/mol. The van der Waals surface area contributed by atoms with Crippen molar-refractivity contribution < 1.29 is 4.79 Å². The average Bonchev–Trinajstić information content (AvgIpc) is 3.25. The lowest BCUT2D eigenvalue weighted by Gasteiger charge is -2.43. The Morgan fingerprint density at radius 2 is 1.93 bits per heavy atom. The lowest BCUT2D eigenvalue weighted by Crippen LogP contribution is -2.55. The minimum Gasteiger partial charge on any atom is -0.354 e. The van der Waals surface area contributed by atoms with E-state index < -0.39 is 0 Å². The van der Waals surface area contributed by atoms with Gasteiger partial charge in [-0.2, -0.15) is 4.98 Å². The number of likely N-dealkylation sites (N-methyl/N-ethyl adjacent to an activating group) is 1. The molecule has 148 valence electrons. The van der Waals surface area contributed by atoms with Gasteiger partial charge in [-0.25, -0.2) is 4.98 Å². The summed E-state index contributed by atoms with van der Waals surface area (Å²) in [4.78, 5) is 26.3. The molecule has 0 bridgehead atoms. The number of hydrogen-bond donors (Lipinski definition) is 1. The maximum Gasteiger partial charge on any atom is 0.249 e. The summed E-state index contributed by atoms with van der Waals surface area (Å²) in [6, 6.07) is 10.7. The normalized spacial score (nSPS) is 19.8. The fraction of sp³-hybridized carbons (Fsp3) is 0.500. The Kier molecular flexibility index (Phi) is 5.46. The van der Waals surface area contributed by atoms with Gasteiger partial charge < -0.3 is 15.1 Å². The minimum absolute atomic E-state index is 0.132. The topological polar surface area (TPSA) is 61.4 Å². The first-order valence-electron chi connectivity index (χ1n) is 10.4. The molecule has 2 aliphatic rings. The molecular weight excluding hydrogens is 350 g/mol. The van der Waals surface area contributed by atoms with Crippen LogP contribution in [0.1, 0.15) is 44.6 Å². The number of nitrogens with zero attached hydrogens (tertiary/aromatic N) is 4. The number of hydrogen-bond acceptors (Lipinski definition) is 5. The Balaban J connectivity index is 1.57. The number of anilines is 3. The van der Waals surface area contributed by atoms with Gasteiger partial charge in [0.2, 0.25) is 11.9 Å². The van der Waals surface area contributed by atoms with E-state index in [4.69, 9.17) is 4.98 Å². The van der Waals surface area contributed by atoms with Gasteiger partial charge in [0.1, 0.15) is 11.7 Å². The average molecular weight is 380 g/mol. The number of benzene rings is 1. The Bertz CT molecular complexity index is 819. The number of nitrogens with one attached hydrogen (secondary N) is 1. The third kappa shape index (κ3) is 3.55. The number of rotatable bonds is 6. The van der Waals surface area contributed by atoms with Crippen molar-refractivity contribution in [3.8, 4) is 0 Å². The second-order valence-corrected chi connectivity index (χ2v) is 7.73. The summed E-state index contributed by atoms with van der Waals surface area (Å²) in [6.45, 7) is 2.86. The van der Waals surface area contributed by atoms with E-state index in [9.17, 15) is 4.79 Å². The van der Waals surface area contributed by atoms with E-state index in [0.717, 1.165) is 43.7 Å². The fourth-order valence-corrected chi connectivity index (χ4v) is 4.43. The first-order chi connectivity index (χ1) is 13.7. The SMILES string of the molecule is CCC1C(=O)N(C)c2cnc(NCCc3ccccc3)nc2N1C1CCCC1. The third-order valence-electron chi connectivity index (χ3n) is 5.95. The van der Waals surface area contributed by atoms with Crippen molar-refractivity contribution >= 4 is 23.4 Å². The van der Waals surface area contributed by atoms with E-state index in [1.54, 1.807) is 11.1 Å². The molecule has 1 saturated carbocycles. The minimum atomic E-state index is -0.132. The first-order valence-corrected chi connectivity index (χ1v) is 10.4. The van der Waals surface area contributed by atoms with Gasteiger partial charge in [0.05, 0.1) is 6.20 Å². The summed E-state index contributed by atoms with van der Waals surface area (Å²) in [5.41, 5.74) is 2.10. The molecule has 0 spiro atoms. The van der Waals surface area contributed by atoms with Crippen molar-refractivity contribution in [2.75, 3.05) is 28.7 Å². The van der Waals surface area contributed by atoms with Gasteiger partial charge in [-0.1, -0.05) is 50.1 Å². The molecule has 2 heterocycles. The maximum atomic E-state index is 12.9. The van der Waals surface area contributed by atoms with E-state index in [1.807, 2.05) is 13.1 Å². The number of aromatic nitrogens is 2. The lowest BCUT2D eigenvalue weighted by molar-refractivity contribution is -0.120. The molecule has 1 aliphatic heterocycles. The molecule has 1 amide bonds. The largest absolute Gasteiger partial charge is 0.354 e. The van der Waals surface area contributed by atoms with E-state index in [0.29, 0.717) is 12.0 Å². The van der Waals surface area contributed by atoms with Crippen LogP contribution in [0, 0.1) is 0 Å². The van der Waals surface area contributed by atoms with Crippen molar-refractivity contribution in [2.45, 2.75) is 57.5 Å². The zero-order valence-electron chi connectivity index (χ0n) is 16.8. The van der Waals surface area contributed by atoms with Crippen LogP contribution in [0.4, 0.5) is 17.5 Å². The van der Waals surface area contributed by atoms with Crippen LogP contribution < -0.4 is 15.1 Å². The van der Waals surface area contributed by atoms with Gasteiger partial charge in [0.15, 0.2) is 5.82 Å². The van der Waals surface area contributed by atoms with Crippen molar-refractivity contribution in [3.63, 3.8) is 0 Å². The Labute approximate surface area is 167 Å². The Morgan fingerprint density at radius 1 is 1.18 bits per heavy atom. The van der Waals surface area contributed by atoms with Crippen molar-refractivity contribution in [1.29, 1.82) is 0 Å². The molecule has 1 aliphatic carbocycles. The highest BCUT2D eigenvalue weighted by molar-refractivity contribution is 6.04. The molecule has 28 heavy (non-hydrogen) atoms. The molecule has 4 rings (SSSR count). The third-order valence-corrected chi connectivity index (χ3v) is 5.95. The summed E-state index contributed by atoms with van der Waals surface area (Å²) in [7, 11) is 1.83. The van der Waals surface area contributed by atoms with Crippen molar-refractivity contribution in [1.82, 2.24) is 9.97 Å². The molecule has 6 nitrogen and oxygen atoms in total. The number of amides is 1. The molecule has 1 unspecified atom stereocenters. The van der Waals surface area contributed by atoms with Gasteiger partial charge in [0, 0.05) is 19.6 Å². The standard InChI is InChI=1S/C22H29N5O/c1-3-18-21(28)26(2)19-15-24-22(23-14-13-16-9-5-4-6-10-16)25-20(19)27(18)17-11-7-8-12-17/h4-6,9-10,15,17-18H,3,7-8,11-14H2,1-2H3,(H,23,24,25). The van der Waals surface area contributed by atoms with Crippen LogP contribution in [0.3, 0.4) is 0 Å². The number of carbonyl (C=O) groups excluding carboxylic acids is 1. The molecule has 1 aromatic heterocycles. The van der Waals surface area contributed by atoms with Crippen molar-refractivity contribution in [2.24, 2.45) is 0 Å². The quantitative estimate of drug-likeness (QED) is 0.830. The van der Waals surface area contributed by atoms with Gasteiger partial charge in [0.25, 0.3) is 0 Å². The zero-order valence-corrected chi connectivity index (χ0v) is 16.8. The Hall–Kier alpha value is -2.63. The van der Waals surface area contributed by atoms with Crippen LogP contribution in [-0.2, 0) is 11.2 Å². The smallest absolute Gasteiger partial charge is 0.249 e.